The number of hydroxylamine groups is 1. The van der Waals surface area contributed by atoms with Gasteiger partial charge in [0.2, 0.25) is 0 Å². The lowest BCUT2D eigenvalue weighted by Gasteiger charge is -2.14. The normalized spacial score (nSPS) is 11.2. The summed E-state index contributed by atoms with van der Waals surface area (Å²) >= 11 is 0. The van der Waals surface area contributed by atoms with Gasteiger partial charge in [0.05, 0.1) is 10.8 Å². The Balaban J connectivity index is 4.32. The molecule has 0 aromatic carbocycles. The largest absolute Gasteiger partial charge is 0.376 e. The fourth-order valence-corrected chi connectivity index (χ4v) is 0.738. The second kappa shape index (κ2) is 5.64. The second-order valence-electron chi connectivity index (χ2n) is 5.46. The van der Waals surface area contributed by atoms with Gasteiger partial charge in [-0.3, -0.25) is 10.0 Å². The molecule has 0 rings (SSSR count). The highest BCUT2D eigenvalue weighted by Crippen LogP contribution is 2.15. The van der Waals surface area contributed by atoms with E-state index in [9.17, 15) is 9.59 Å². The van der Waals surface area contributed by atoms with E-state index < -0.39 is 16.7 Å². The SMILES string of the molecule is CC(C)(C)C(=O)NC#[N+]CC(C)(C)C(=O)NO. The number of rotatable bonds is 2. The van der Waals surface area contributed by atoms with Gasteiger partial charge in [0, 0.05) is 0 Å². The van der Waals surface area contributed by atoms with E-state index in [1.807, 2.05) is 0 Å². The van der Waals surface area contributed by atoms with Crippen molar-refractivity contribution in [3.8, 4) is 6.19 Å². The van der Waals surface area contributed by atoms with E-state index in [-0.39, 0.29) is 12.5 Å². The highest BCUT2D eigenvalue weighted by Gasteiger charge is 2.30. The van der Waals surface area contributed by atoms with Gasteiger partial charge < -0.3 is 0 Å². The van der Waals surface area contributed by atoms with Crippen LogP contribution in [0.1, 0.15) is 34.6 Å². The molecule has 0 saturated carbocycles. The summed E-state index contributed by atoms with van der Waals surface area (Å²) in [5.41, 5.74) is 0.199. The minimum atomic E-state index is -0.853. The van der Waals surface area contributed by atoms with E-state index in [0.717, 1.165) is 0 Å². The highest BCUT2D eigenvalue weighted by molar-refractivity contribution is 5.83. The topological polar surface area (TPSA) is 82.8 Å². The van der Waals surface area contributed by atoms with Gasteiger partial charge in [-0.25, -0.2) is 10.3 Å². The van der Waals surface area contributed by atoms with E-state index in [1.165, 1.54) is 0 Å². The predicted octanol–water partition coefficient (Wildman–Crippen LogP) is 0.971. The van der Waals surface area contributed by atoms with Crippen molar-refractivity contribution in [1.29, 1.82) is 0 Å². The van der Waals surface area contributed by atoms with Crippen molar-refractivity contribution in [3.05, 3.63) is 4.85 Å². The summed E-state index contributed by atoms with van der Waals surface area (Å²) in [6, 6.07) is 0. The van der Waals surface area contributed by atoms with Crippen LogP contribution in [0.25, 0.3) is 4.85 Å². The molecule has 17 heavy (non-hydrogen) atoms. The van der Waals surface area contributed by atoms with Crippen LogP contribution in [0.3, 0.4) is 0 Å². The van der Waals surface area contributed by atoms with Crippen LogP contribution in [0.2, 0.25) is 0 Å². The molecule has 0 heterocycles. The van der Waals surface area contributed by atoms with E-state index in [0.29, 0.717) is 0 Å². The van der Waals surface area contributed by atoms with Crippen molar-refractivity contribution < 1.29 is 14.8 Å². The van der Waals surface area contributed by atoms with Crippen LogP contribution in [0.15, 0.2) is 0 Å². The molecule has 0 spiro atoms. The van der Waals surface area contributed by atoms with Crippen LogP contribution in [0.5, 0.6) is 0 Å². The van der Waals surface area contributed by atoms with Crippen LogP contribution in [0, 0.1) is 17.0 Å². The zero-order chi connectivity index (χ0) is 13.7. The first-order chi connectivity index (χ1) is 7.61. The monoisotopic (exact) mass is 242 g/mol. The third kappa shape index (κ3) is 5.31. The molecule has 3 N–H and O–H groups in total. The van der Waals surface area contributed by atoms with Gasteiger partial charge in [-0.2, -0.15) is 10.2 Å². The third-order valence-electron chi connectivity index (χ3n) is 2.12. The molecule has 6 nitrogen and oxygen atoms in total. The number of hydrogen-bond donors (Lipinski definition) is 3. The van der Waals surface area contributed by atoms with E-state index in [2.05, 4.69) is 16.4 Å². The van der Waals surface area contributed by atoms with Crippen molar-refractivity contribution in [1.82, 2.24) is 10.8 Å². The van der Waals surface area contributed by atoms with Gasteiger partial charge in [0.25, 0.3) is 5.91 Å². The Hall–Kier alpha value is -1.61. The summed E-state index contributed by atoms with van der Waals surface area (Å²) in [7, 11) is 0. The van der Waals surface area contributed by atoms with Crippen LogP contribution in [0.4, 0.5) is 0 Å². The molecular weight excluding hydrogens is 222 g/mol. The van der Waals surface area contributed by atoms with E-state index in [4.69, 9.17) is 5.21 Å². The van der Waals surface area contributed by atoms with E-state index >= 15 is 0 Å². The molecule has 6 heteroatoms. The maximum Gasteiger partial charge on any atom is 0.376 e. The first-order valence-electron chi connectivity index (χ1n) is 5.28. The zero-order valence-corrected chi connectivity index (χ0v) is 10.9. The molecular formula is C11H20N3O3+. The molecule has 0 atom stereocenters. The number of carbonyl (C=O) groups is 2. The fourth-order valence-electron chi connectivity index (χ4n) is 0.738. The lowest BCUT2D eigenvalue weighted by Crippen LogP contribution is -2.37. The van der Waals surface area contributed by atoms with Gasteiger partial charge in [-0.15, -0.1) is 0 Å². The fraction of sp³-hybridized carbons (Fsp3) is 0.727. The summed E-state index contributed by atoms with van der Waals surface area (Å²) in [4.78, 5) is 26.4. The second-order valence-corrected chi connectivity index (χ2v) is 5.46. The predicted molar refractivity (Wildman–Crippen MR) is 63.4 cm³/mol. The van der Waals surface area contributed by atoms with Crippen molar-refractivity contribution in [3.63, 3.8) is 0 Å². The minimum Gasteiger partial charge on any atom is -0.289 e. The maximum absolute atomic E-state index is 11.4. The number of amides is 2. The summed E-state index contributed by atoms with van der Waals surface area (Å²) in [5.74, 6) is -0.740. The average molecular weight is 242 g/mol. The molecule has 0 aromatic heterocycles. The minimum absolute atomic E-state index is 0.115. The Morgan fingerprint density at radius 2 is 1.71 bits per heavy atom. The molecule has 0 aliphatic rings. The van der Waals surface area contributed by atoms with E-state index in [1.54, 1.807) is 40.1 Å². The molecule has 0 radical (unpaired) electrons. The molecule has 96 valence electrons. The first kappa shape index (κ1) is 15.4. The van der Waals surface area contributed by atoms with Crippen LogP contribution >= 0.6 is 0 Å². The van der Waals surface area contributed by atoms with Crippen molar-refractivity contribution in [2.75, 3.05) is 6.54 Å². The summed E-state index contributed by atoms with van der Waals surface area (Å²) in [6.07, 6.45) is 2.39. The van der Waals surface area contributed by atoms with Gasteiger partial charge in [-0.05, 0) is 34.6 Å². The molecule has 0 aromatic rings. The van der Waals surface area contributed by atoms with Gasteiger partial charge in [-0.1, -0.05) is 0 Å². The average Bonchev–Trinajstić information content (AvgIpc) is 2.21. The third-order valence-corrected chi connectivity index (χ3v) is 2.12. The van der Waals surface area contributed by atoms with Gasteiger partial charge in [0.15, 0.2) is 6.54 Å². The molecule has 0 aliphatic carbocycles. The number of nitrogens with one attached hydrogen (secondary N) is 2. The summed E-state index contributed by atoms with van der Waals surface area (Å²) < 4.78 is 0. The molecule has 2 amide bonds. The van der Waals surface area contributed by atoms with Crippen LogP contribution < -0.4 is 10.8 Å². The Kier molecular flexibility index (Phi) is 5.10. The lowest BCUT2D eigenvalue weighted by atomic mass is 9.93. The van der Waals surface area contributed by atoms with Gasteiger partial charge >= 0.3 is 12.1 Å². The molecule has 0 saturated heterocycles. The zero-order valence-electron chi connectivity index (χ0n) is 10.9. The van der Waals surface area contributed by atoms with Crippen molar-refractivity contribution >= 4 is 11.8 Å². The standard InChI is InChI=1S/C11H19N3O3/c1-10(2,3)8(15)13-7-12-6-11(4,5)9(16)14-17/h6H2,1-5H3,(H2,14,16,17)/p+1. The Labute approximate surface area is 101 Å². The van der Waals surface area contributed by atoms with Crippen molar-refractivity contribution in [2.45, 2.75) is 34.6 Å². The maximum atomic E-state index is 11.4. The molecule has 0 aliphatic heterocycles. The smallest absolute Gasteiger partial charge is 0.289 e. The molecule has 0 fully saturated rings. The molecule has 0 bridgehead atoms. The van der Waals surface area contributed by atoms with Crippen LogP contribution in [-0.4, -0.2) is 23.6 Å². The number of nitrogens with zero attached hydrogens (tertiary/aromatic N) is 1. The quantitative estimate of drug-likeness (QED) is 0.292. The summed E-state index contributed by atoms with van der Waals surface area (Å²) in [6.45, 7) is 8.67. The van der Waals surface area contributed by atoms with Crippen LogP contribution in [-0.2, 0) is 9.59 Å². The number of carbonyl (C=O) groups excluding carboxylic acids is 2. The Bertz CT molecular complexity index is 358. The first-order valence-corrected chi connectivity index (χ1v) is 5.28. The molecule has 0 unspecified atom stereocenters. The number of hydrogen-bond acceptors (Lipinski definition) is 3. The lowest BCUT2D eigenvalue weighted by molar-refractivity contribution is -0.137. The summed E-state index contributed by atoms with van der Waals surface area (Å²) in [5, 5.41) is 10.9. The van der Waals surface area contributed by atoms with Crippen molar-refractivity contribution in [2.24, 2.45) is 10.8 Å². The van der Waals surface area contributed by atoms with Gasteiger partial charge in [0.1, 0.15) is 0 Å². The highest BCUT2D eigenvalue weighted by atomic mass is 16.5. The Morgan fingerprint density at radius 1 is 1.18 bits per heavy atom. The Morgan fingerprint density at radius 3 is 2.12 bits per heavy atom.